The Hall–Kier alpha value is -1.49. The van der Waals surface area contributed by atoms with Crippen molar-refractivity contribution in [3.63, 3.8) is 0 Å². The lowest BCUT2D eigenvalue weighted by Gasteiger charge is -2.37. The summed E-state index contributed by atoms with van der Waals surface area (Å²) in [6.45, 7) is 8.12. The maximum absolute atomic E-state index is 12.4. The molecule has 0 saturated carbocycles. The van der Waals surface area contributed by atoms with Crippen LogP contribution in [0.3, 0.4) is 0 Å². The van der Waals surface area contributed by atoms with E-state index in [1.54, 1.807) is 6.07 Å². The molecule has 1 aromatic rings. The molecule has 0 atom stereocenters. The lowest BCUT2D eigenvalue weighted by atomic mass is 9.80. The van der Waals surface area contributed by atoms with E-state index in [2.05, 4.69) is 31.1 Å². The number of rotatable bonds is 5. The van der Waals surface area contributed by atoms with E-state index in [0.717, 1.165) is 45.4 Å². The zero-order valence-corrected chi connectivity index (χ0v) is 13.5. The number of anilines is 1. The summed E-state index contributed by atoms with van der Waals surface area (Å²) in [5.41, 5.74) is 7.35. The molecular weight excluding hydrogens is 264 g/mol. The molecule has 0 unspecified atom stereocenters. The SMILES string of the molecule is CCCn1cc(N)cc1C(=O)NCC1(C)CCN(C)CC1. The van der Waals surface area contributed by atoms with Crippen LogP contribution in [0.25, 0.3) is 0 Å². The molecule has 0 radical (unpaired) electrons. The van der Waals surface area contributed by atoms with E-state index in [-0.39, 0.29) is 11.3 Å². The van der Waals surface area contributed by atoms with Crippen molar-refractivity contribution in [2.75, 3.05) is 32.4 Å². The average molecular weight is 292 g/mol. The first-order valence-corrected chi connectivity index (χ1v) is 7.86. The maximum atomic E-state index is 12.4. The number of hydrogen-bond donors (Lipinski definition) is 2. The third kappa shape index (κ3) is 4.00. The maximum Gasteiger partial charge on any atom is 0.268 e. The molecule has 2 rings (SSSR count). The highest BCUT2D eigenvalue weighted by molar-refractivity contribution is 5.93. The van der Waals surface area contributed by atoms with Crippen LogP contribution in [0, 0.1) is 5.41 Å². The summed E-state index contributed by atoms with van der Waals surface area (Å²) >= 11 is 0. The molecule has 5 nitrogen and oxygen atoms in total. The fourth-order valence-corrected chi connectivity index (χ4v) is 2.87. The van der Waals surface area contributed by atoms with Crippen molar-refractivity contribution in [2.45, 2.75) is 39.7 Å². The fraction of sp³-hybridized carbons (Fsp3) is 0.688. The van der Waals surface area contributed by atoms with Gasteiger partial charge in [0, 0.05) is 19.3 Å². The number of nitrogens with two attached hydrogens (primary N) is 1. The summed E-state index contributed by atoms with van der Waals surface area (Å²) in [4.78, 5) is 14.7. The van der Waals surface area contributed by atoms with Gasteiger partial charge in [0.25, 0.3) is 5.91 Å². The van der Waals surface area contributed by atoms with E-state index in [1.807, 2.05) is 10.8 Å². The molecule has 1 aliphatic rings. The Labute approximate surface area is 127 Å². The van der Waals surface area contributed by atoms with E-state index >= 15 is 0 Å². The van der Waals surface area contributed by atoms with Gasteiger partial charge in [-0.2, -0.15) is 0 Å². The standard InChI is InChI=1S/C16H28N4O/c1-4-7-20-11-13(17)10-14(20)15(21)18-12-16(2)5-8-19(3)9-6-16/h10-11H,4-9,12,17H2,1-3H3,(H,18,21). The van der Waals surface area contributed by atoms with Crippen molar-refractivity contribution in [2.24, 2.45) is 5.41 Å². The molecule has 5 heteroatoms. The molecule has 3 N–H and O–H groups in total. The highest BCUT2D eigenvalue weighted by Crippen LogP contribution is 2.29. The summed E-state index contributed by atoms with van der Waals surface area (Å²) < 4.78 is 1.95. The minimum atomic E-state index is -0.0136. The summed E-state index contributed by atoms with van der Waals surface area (Å²) in [6, 6.07) is 1.77. The predicted molar refractivity (Wildman–Crippen MR) is 86.3 cm³/mol. The minimum absolute atomic E-state index is 0.0136. The van der Waals surface area contributed by atoms with Crippen molar-refractivity contribution in [1.29, 1.82) is 0 Å². The molecular formula is C16H28N4O. The van der Waals surface area contributed by atoms with Crippen LogP contribution in [0.15, 0.2) is 12.3 Å². The molecule has 1 fully saturated rings. The van der Waals surface area contributed by atoms with Gasteiger partial charge in [-0.25, -0.2) is 0 Å². The van der Waals surface area contributed by atoms with Crippen molar-refractivity contribution in [1.82, 2.24) is 14.8 Å². The lowest BCUT2D eigenvalue weighted by Crippen LogP contribution is -2.43. The van der Waals surface area contributed by atoms with Gasteiger partial charge < -0.3 is 20.5 Å². The van der Waals surface area contributed by atoms with Gasteiger partial charge in [0.1, 0.15) is 5.69 Å². The summed E-state index contributed by atoms with van der Waals surface area (Å²) in [5.74, 6) is -0.0136. The Morgan fingerprint density at radius 3 is 2.71 bits per heavy atom. The van der Waals surface area contributed by atoms with Crippen LogP contribution in [-0.4, -0.2) is 42.1 Å². The predicted octanol–water partition coefficient (Wildman–Crippen LogP) is 1.94. The van der Waals surface area contributed by atoms with Gasteiger partial charge >= 0.3 is 0 Å². The third-order valence-electron chi connectivity index (χ3n) is 4.48. The quantitative estimate of drug-likeness (QED) is 0.872. The van der Waals surface area contributed by atoms with E-state index in [0.29, 0.717) is 11.4 Å². The van der Waals surface area contributed by atoms with Crippen LogP contribution < -0.4 is 11.1 Å². The molecule has 1 saturated heterocycles. The number of carbonyl (C=O) groups excluding carboxylic acids is 1. The average Bonchev–Trinajstić information content (AvgIpc) is 2.81. The van der Waals surface area contributed by atoms with Gasteiger partial charge in [-0.15, -0.1) is 0 Å². The van der Waals surface area contributed by atoms with Gasteiger partial charge in [-0.05, 0) is 50.9 Å². The molecule has 2 heterocycles. The van der Waals surface area contributed by atoms with Crippen LogP contribution in [0.1, 0.15) is 43.6 Å². The Morgan fingerprint density at radius 2 is 2.10 bits per heavy atom. The molecule has 1 amide bonds. The summed E-state index contributed by atoms with van der Waals surface area (Å²) in [5, 5.41) is 3.10. The minimum Gasteiger partial charge on any atom is -0.397 e. The van der Waals surface area contributed by atoms with E-state index in [4.69, 9.17) is 5.73 Å². The number of piperidine rings is 1. The number of nitrogen functional groups attached to an aromatic ring is 1. The van der Waals surface area contributed by atoms with Gasteiger partial charge in [0.15, 0.2) is 0 Å². The number of nitrogens with zero attached hydrogens (tertiary/aromatic N) is 2. The zero-order chi connectivity index (χ0) is 15.5. The molecule has 0 aromatic carbocycles. The number of nitrogens with one attached hydrogen (secondary N) is 1. The number of aryl methyl sites for hydroxylation is 1. The monoisotopic (exact) mass is 292 g/mol. The highest BCUT2D eigenvalue weighted by atomic mass is 16.1. The fourth-order valence-electron chi connectivity index (χ4n) is 2.87. The Kier molecular flexibility index (Phi) is 4.93. The molecule has 0 spiro atoms. The first-order chi connectivity index (χ1) is 9.93. The number of carbonyl (C=O) groups is 1. The zero-order valence-electron chi connectivity index (χ0n) is 13.5. The van der Waals surface area contributed by atoms with Gasteiger partial charge in [-0.1, -0.05) is 13.8 Å². The van der Waals surface area contributed by atoms with Gasteiger partial charge in [-0.3, -0.25) is 4.79 Å². The highest BCUT2D eigenvalue weighted by Gasteiger charge is 2.29. The summed E-state index contributed by atoms with van der Waals surface area (Å²) in [7, 11) is 2.15. The van der Waals surface area contributed by atoms with Crippen LogP contribution >= 0.6 is 0 Å². The van der Waals surface area contributed by atoms with E-state index in [9.17, 15) is 4.79 Å². The second-order valence-corrected chi connectivity index (χ2v) is 6.65. The lowest BCUT2D eigenvalue weighted by molar-refractivity contribution is 0.0882. The number of amides is 1. The molecule has 0 bridgehead atoms. The first kappa shape index (κ1) is 15.9. The Balaban J connectivity index is 1.95. The van der Waals surface area contributed by atoms with Crippen LogP contribution in [-0.2, 0) is 6.54 Å². The van der Waals surface area contributed by atoms with Crippen LogP contribution in [0.4, 0.5) is 5.69 Å². The van der Waals surface area contributed by atoms with Crippen molar-refractivity contribution < 1.29 is 4.79 Å². The van der Waals surface area contributed by atoms with Crippen LogP contribution in [0.5, 0.6) is 0 Å². The van der Waals surface area contributed by atoms with Crippen molar-refractivity contribution >= 4 is 11.6 Å². The third-order valence-corrected chi connectivity index (χ3v) is 4.48. The summed E-state index contributed by atoms with van der Waals surface area (Å²) in [6.07, 6.45) is 5.08. The second kappa shape index (κ2) is 6.52. The Morgan fingerprint density at radius 1 is 1.43 bits per heavy atom. The molecule has 1 aromatic heterocycles. The number of aromatic nitrogens is 1. The Bertz CT molecular complexity index is 486. The van der Waals surface area contributed by atoms with E-state index in [1.165, 1.54) is 0 Å². The largest absolute Gasteiger partial charge is 0.397 e. The van der Waals surface area contributed by atoms with Crippen molar-refractivity contribution in [3.05, 3.63) is 18.0 Å². The number of hydrogen-bond acceptors (Lipinski definition) is 3. The normalized spacial score (nSPS) is 18.6. The molecule has 21 heavy (non-hydrogen) atoms. The van der Waals surface area contributed by atoms with Gasteiger partial charge in [0.2, 0.25) is 0 Å². The van der Waals surface area contributed by atoms with Gasteiger partial charge in [0.05, 0.1) is 5.69 Å². The molecule has 118 valence electrons. The molecule has 1 aliphatic heterocycles. The smallest absolute Gasteiger partial charge is 0.268 e. The van der Waals surface area contributed by atoms with Crippen molar-refractivity contribution in [3.8, 4) is 0 Å². The molecule has 0 aliphatic carbocycles. The van der Waals surface area contributed by atoms with Crippen LogP contribution in [0.2, 0.25) is 0 Å². The van der Waals surface area contributed by atoms with E-state index < -0.39 is 0 Å². The topological polar surface area (TPSA) is 63.3 Å². The first-order valence-electron chi connectivity index (χ1n) is 7.86. The second-order valence-electron chi connectivity index (χ2n) is 6.65. The number of likely N-dealkylation sites (tertiary alicyclic amines) is 1.